The van der Waals surface area contributed by atoms with Crippen LogP contribution in [0.3, 0.4) is 0 Å². The molecule has 41 heavy (non-hydrogen) atoms. The van der Waals surface area contributed by atoms with Gasteiger partial charge in [0.25, 0.3) is 0 Å². The van der Waals surface area contributed by atoms with Gasteiger partial charge in [-0.3, -0.25) is 14.5 Å². The second-order valence-electron chi connectivity index (χ2n) is 10.6. The Morgan fingerprint density at radius 2 is 1.90 bits per heavy atom. The van der Waals surface area contributed by atoms with Crippen molar-refractivity contribution in [2.24, 2.45) is 0 Å². The Morgan fingerprint density at radius 1 is 1.17 bits per heavy atom. The second-order valence-corrected chi connectivity index (χ2v) is 10.6. The van der Waals surface area contributed by atoms with Crippen LogP contribution in [0.15, 0.2) is 60.7 Å². The van der Waals surface area contributed by atoms with Gasteiger partial charge in [0.15, 0.2) is 0 Å². The van der Waals surface area contributed by atoms with Crippen molar-refractivity contribution in [1.29, 1.82) is 0 Å². The summed E-state index contributed by atoms with van der Waals surface area (Å²) in [5, 5.41) is 18.4. The third-order valence-electron chi connectivity index (χ3n) is 7.96. The Balaban J connectivity index is 1.45. The lowest BCUT2D eigenvalue weighted by atomic mass is 9.81. The summed E-state index contributed by atoms with van der Waals surface area (Å²) in [6.45, 7) is 6.60. The number of aromatic carboxylic acids is 1. The number of likely N-dealkylation sites (tertiary alicyclic amines) is 1. The molecule has 2 heterocycles. The van der Waals surface area contributed by atoms with Crippen molar-refractivity contribution in [1.82, 2.24) is 10.2 Å². The van der Waals surface area contributed by atoms with E-state index in [1.54, 1.807) is 19.1 Å². The van der Waals surface area contributed by atoms with Crippen LogP contribution in [0.1, 0.15) is 54.6 Å². The van der Waals surface area contributed by atoms with Gasteiger partial charge in [0, 0.05) is 49.6 Å². The molecule has 0 saturated carbocycles. The number of nitrogens with one attached hydrogen (secondary N) is 3. The zero-order chi connectivity index (χ0) is 29.3. The normalized spacial score (nSPS) is 22.0. The number of fused-ring (bicyclic) bond motifs is 1. The van der Waals surface area contributed by atoms with Gasteiger partial charge < -0.3 is 25.8 Å². The summed E-state index contributed by atoms with van der Waals surface area (Å²) in [4.78, 5) is 39.0. The highest BCUT2D eigenvalue weighted by Crippen LogP contribution is 2.47. The highest BCUT2D eigenvalue weighted by molar-refractivity contribution is 6.08. The molecule has 3 atom stereocenters. The highest BCUT2D eigenvalue weighted by atomic mass is 19.1. The summed E-state index contributed by atoms with van der Waals surface area (Å²) in [6.07, 6.45) is 0.594. The third-order valence-corrected chi connectivity index (χ3v) is 7.96. The van der Waals surface area contributed by atoms with Gasteiger partial charge in [-0.15, -0.1) is 0 Å². The number of carbonyl (C=O) groups excluding carboxylic acids is 2. The zero-order valence-electron chi connectivity index (χ0n) is 23.2. The van der Waals surface area contributed by atoms with Gasteiger partial charge in [-0.1, -0.05) is 18.2 Å². The van der Waals surface area contributed by atoms with Crippen LogP contribution in [0.25, 0.3) is 0 Å². The van der Waals surface area contributed by atoms with Crippen molar-refractivity contribution >= 4 is 29.2 Å². The number of halogens is 1. The quantitative estimate of drug-likeness (QED) is 0.309. The van der Waals surface area contributed by atoms with Gasteiger partial charge >= 0.3 is 5.97 Å². The summed E-state index contributed by atoms with van der Waals surface area (Å²) in [5.41, 5.74) is 1.59. The van der Waals surface area contributed by atoms with E-state index in [9.17, 15) is 23.9 Å². The van der Waals surface area contributed by atoms with Gasteiger partial charge in [-0.05, 0) is 62.7 Å². The molecule has 1 saturated heterocycles. The third kappa shape index (κ3) is 5.35. The number of ether oxygens (including phenoxy) is 1. The van der Waals surface area contributed by atoms with Crippen LogP contribution in [-0.2, 0) is 15.1 Å². The molecule has 0 aliphatic carbocycles. The number of benzene rings is 3. The Morgan fingerprint density at radius 3 is 2.59 bits per heavy atom. The van der Waals surface area contributed by atoms with Crippen LogP contribution in [0.4, 0.5) is 15.8 Å². The van der Waals surface area contributed by atoms with Gasteiger partial charge in [0.2, 0.25) is 11.8 Å². The topological polar surface area (TPSA) is 120 Å². The van der Waals surface area contributed by atoms with Gasteiger partial charge in [0.1, 0.15) is 22.9 Å². The molecule has 0 radical (unpaired) electrons. The summed E-state index contributed by atoms with van der Waals surface area (Å²) in [5.74, 6) is -0.953. The zero-order valence-corrected chi connectivity index (χ0v) is 23.2. The molecular formula is C31H33FN4O5. The summed E-state index contributed by atoms with van der Waals surface area (Å²) in [7, 11) is 0. The Hall–Kier alpha value is -4.44. The molecule has 1 unspecified atom stereocenters. The number of rotatable bonds is 8. The van der Waals surface area contributed by atoms with E-state index in [-0.39, 0.29) is 29.3 Å². The van der Waals surface area contributed by atoms with Gasteiger partial charge in [-0.25, -0.2) is 9.18 Å². The summed E-state index contributed by atoms with van der Waals surface area (Å²) in [6, 6.07) is 16.1. The molecule has 2 amide bonds. The number of piperidine rings is 1. The van der Waals surface area contributed by atoms with E-state index < -0.39 is 17.3 Å². The monoisotopic (exact) mass is 560 g/mol. The average molecular weight is 561 g/mol. The van der Waals surface area contributed by atoms with Crippen LogP contribution in [0, 0.1) is 5.82 Å². The molecule has 0 bridgehead atoms. The largest absolute Gasteiger partial charge is 0.478 e. The van der Waals surface area contributed by atoms with Crippen LogP contribution >= 0.6 is 0 Å². The van der Waals surface area contributed by atoms with E-state index >= 15 is 0 Å². The highest BCUT2D eigenvalue weighted by Gasteiger charge is 2.51. The van der Waals surface area contributed by atoms with E-state index in [1.807, 2.05) is 36.1 Å². The number of carboxylic acids is 1. The Kier molecular flexibility index (Phi) is 7.68. The lowest BCUT2D eigenvalue weighted by Gasteiger charge is -2.45. The van der Waals surface area contributed by atoms with Crippen LogP contribution in [0.5, 0.6) is 11.5 Å². The molecule has 5 rings (SSSR count). The van der Waals surface area contributed by atoms with Crippen molar-refractivity contribution in [3.63, 3.8) is 0 Å². The van der Waals surface area contributed by atoms with Crippen LogP contribution < -0.4 is 20.7 Å². The fraction of sp³-hybridized carbons (Fsp3) is 0.323. The number of para-hydroxylation sites is 1. The number of amides is 2. The van der Waals surface area contributed by atoms with E-state index in [4.69, 9.17) is 4.74 Å². The molecule has 214 valence electrons. The number of hydrogen-bond acceptors (Lipinski definition) is 6. The van der Waals surface area contributed by atoms with Crippen molar-refractivity contribution in [2.45, 2.75) is 44.7 Å². The number of carboxylic acid groups (broad SMARTS) is 1. The molecule has 2 aliphatic heterocycles. The maximum Gasteiger partial charge on any atom is 0.335 e. The molecule has 0 aromatic heterocycles. The number of anilines is 2. The second kappa shape index (κ2) is 11.2. The first-order valence-corrected chi connectivity index (χ1v) is 13.6. The maximum absolute atomic E-state index is 14.7. The lowest BCUT2D eigenvalue weighted by molar-refractivity contribution is -0.128. The molecule has 9 nitrogen and oxygen atoms in total. The fourth-order valence-corrected chi connectivity index (χ4v) is 5.94. The molecule has 1 fully saturated rings. The van der Waals surface area contributed by atoms with E-state index in [0.29, 0.717) is 54.5 Å². The fourth-order valence-electron chi connectivity index (χ4n) is 5.94. The average Bonchev–Trinajstić information content (AvgIpc) is 3.20. The first-order valence-electron chi connectivity index (χ1n) is 13.6. The van der Waals surface area contributed by atoms with Crippen molar-refractivity contribution in [3.05, 3.63) is 83.2 Å². The standard InChI is InChI=1S/C31H33FN4O5/c1-4-33-25-16-20(32)15-24-28(25)35-30(40)31(24,3)36-14-13-22(26(17-36)34-18(2)37)23-7-5-6-8-27(23)41-21-11-9-19(10-12-21)29(38)39/h5-12,15-16,22,26,33H,4,13-14,17H2,1-3H3,(H,34,37)(H,35,40)(H,38,39)/t22-,26+,31?/m1/s1. The van der Waals surface area contributed by atoms with Gasteiger partial charge in [0.05, 0.1) is 16.9 Å². The Labute approximate surface area is 237 Å². The minimum atomic E-state index is -1.13. The van der Waals surface area contributed by atoms with Crippen molar-refractivity contribution in [2.75, 3.05) is 30.3 Å². The van der Waals surface area contributed by atoms with Gasteiger partial charge in [-0.2, -0.15) is 0 Å². The minimum absolute atomic E-state index is 0.137. The number of nitrogens with zero attached hydrogens (tertiary/aromatic N) is 1. The molecule has 0 spiro atoms. The number of carbonyl (C=O) groups is 3. The van der Waals surface area contributed by atoms with Crippen LogP contribution in [0.2, 0.25) is 0 Å². The van der Waals surface area contributed by atoms with E-state index in [2.05, 4.69) is 16.0 Å². The SMILES string of the molecule is CCNc1cc(F)cc2c1NC(=O)C2(C)N1CC[C@H](c2ccccc2Oc2ccc(C(=O)O)cc2)[C@@H](NC(C)=O)C1. The number of hydrogen-bond donors (Lipinski definition) is 4. The lowest BCUT2D eigenvalue weighted by Crippen LogP contribution is -2.59. The molecule has 2 aliphatic rings. The Bertz CT molecular complexity index is 1490. The molecule has 3 aromatic carbocycles. The minimum Gasteiger partial charge on any atom is -0.478 e. The summed E-state index contributed by atoms with van der Waals surface area (Å²) >= 11 is 0. The molecular weight excluding hydrogens is 527 g/mol. The maximum atomic E-state index is 14.7. The predicted octanol–water partition coefficient (Wildman–Crippen LogP) is 4.91. The molecule has 4 N–H and O–H groups in total. The van der Waals surface area contributed by atoms with E-state index in [0.717, 1.165) is 5.56 Å². The summed E-state index contributed by atoms with van der Waals surface area (Å²) < 4.78 is 20.9. The van der Waals surface area contributed by atoms with E-state index in [1.165, 1.54) is 31.2 Å². The first kappa shape index (κ1) is 28.1. The predicted molar refractivity (Wildman–Crippen MR) is 153 cm³/mol. The van der Waals surface area contributed by atoms with Crippen molar-refractivity contribution < 1.29 is 28.6 Å². The van der Waals surface area contributed by atoms with Crippen molar-refractivity contribution in [3.8, 4) is 11.5 Å². The smallest absolute Gasteiger partial charge is 0.335 e. The molecule has 3 aromatic rings. The first-order chi connectivity index (χ1) is 19.6. The van der Waals surface area contributed by atoms with Crippen LogP contribution in [-0.4, -0.2) is 53.5 Å². The molecule has 10 heteroatoms.